The summed E-state index contributed by atoms with van der Waals surface area (Å²) in [5.41, 5.74) is 0. The zero-order valence-corrected chi connectivity index (χ0v) is 12.0. The van der Waals surface area contributed by atoms with Gasteiger partial charge in [0.25, 0.3) is 0 Å². The molecular weight excluding hydrogens is 252 g/mol. The van der Waals surface area contributed by atoms with Crippen LogP contribution in [0.2, 0.25) is 0 Å². The summed E-state index contributed by atoms with van der Waals surface area (Å²) >= 11 is 0. The maximum atomic E-state index is 12.6. The molecule has 0 bridgehead atoms. The zero-order chi connectivity index (χ0) is 13.9. The van der Waals surface area contributed by atoms with E-state index in [0.717, 1.165) is 38.5 Å². The van der Waals surface area contributed by atoms with Gasteiger partial charge in [-0.15, -0.1) is 0 Å². The first-order valence-electron chi connectivity index (χ1n) is 8.38. The van der Waals surface area contributed by atoms with Gasteiger partial charge < -0.3 is 5.11 Å². The van der Waals surface area contributed by atoms with Crippen LogP contribution < -0.4 is 0 Å². The van der Waals surface area contributed by atoms with Crippen molar-refractivity contribution in [3.05, 3.63) is 0 Å². The van der Waals surface area contributed by atoms with E-state index >= 15 is 0 Å². The monoisotopic (exact) mass is 276 g/mol. The normalized spacial score (nSPS) is 51.4. The summed E-state index contributed by atoms with van der Waals surface area (Å²) in [4.78, 5) is 24.6. The van der Waals surface area contributed by atoms with Crippen LogP contribution >= 0.6 is 0 Å². The molecule has 110 valence electrons. The molecule has 0 aromatic heterocycles. The van der Waals surface area contributed by atoms with E-state index in [1.165, 1.54) is 0 Å². The fourth-order valence-electron chi connectivity index (χ4n) is 5.99. The number of carbonyl (C=O) groups excluding carboxylic acids is 2. The van der Waals surface area contributed by atoms with Crippen molar-refractivity contribution in [3.63, 3.8) is 0 Å². The van der Waals surface area contributed by atoms with Gasteiger partial charge in [-0.3, -0.25) is 9.59 Å². The van der Waals surface area contributed by atoms with Gasteiger partial charge in [-0.1, -0.05) is 0 Å². The van der Waals surface area contributed by atoms with Gasteiger partial charge in [-0.05, 0) is 62.2 Å². The fraction of sp³-hybridized carbons (Fsp3) is 0.882. The van der Waals surface area contributed by atoms with Crippen molar-refractivity contribution in [1.82, 2.24) is 0 Å². The summed E-state index contributed by atoms with van der Waals surface area (Å²) < 4.78 is 0. The highest BCUT2D eigenvalue weighted by Crippen LogP contribution is 2.55. The summed E-state index contributed by atoms with van der Waals surface area (Å²) in [6.45, 7) is 0. The molecule has 0 aromatic carbocycles. The molecule has 7 atom stereocenters. The second-order valence-electron chi connectivity index (χ2n) is 7.60. The molecule has 4 aliphatic carbocycles. The summed E-state index contributed by atoms with van der Waals surface area (Å²) in [6, 6.07) is 0. The molecule has 5 unspecified atom stereocenters. The van der Waals surface area contributed by atoms with Crippen molar-refractivity contribution in [2.75, 3.05) is 0 Å². The summed E-state index contributed by atoms with van der Waals surface area (Å²) in [7, 11) is 0. The minimum atomic E-state index is -0.146. The number of hydrogen-bond acceptors (Lipinski definition) is 3. The molecule has 1 N–H and O–H groups in total. The van der Waals surface area contributed by atoms with Crippen molar-refractivity contribution < 1.29 is 14.7 Å². The van der Waals surface area contributed by atoms with Crippen molar-refractivity contribution in [2.45, 2.75) is 57.5 Å². The largest absolute Gasteiger partial charge is 0.393 e. The molecule has 0 heterocycles. The van der Waals surface area contributed by atoms with E-state index in [9.17, 15) is 14.7 Å². The van der Waals surface area contributed by atoms with Gasteiger partial charge in [-0.25, -0.2) is 0 Å². The van der Waals surface area contributed by atoms with Crippen LogP contribution in [0.25, 0.3) is 0 Å². The number of fused-ring (bicyclic) bond motifs is 5. The lowest BCUT2D eigenvalue weighted by molar-refractivity contribution is -0.144. The Hall–Kier alpha value is -0.700. The number of hydrogen-bond donors (Lipinski definition) is 1. The Kier molecular flexibility index (Phi) is 3.03. The molecule has 4 saturated carbocycles. The molecule has 0 spiro atoms. The molecular formula is C17H24O3. The summed E-state index contributed by atoms with van der Waals surface area (Å²) in [5, 5.41) is 9.87. The Labute approximate surface area is 120 Å². The highest BCUT2D eigenvalue weighted by molar-refractivity contribution is 5.92. The Balaban J connectivity index is 1.61. The SMILES string of the molecule is O=C1CCC2C1CC(=O)C1C2CC[C@@H]2C[C@H](O)CCC12. The highest BCUT2D eigenvalue weighted by atomic mass is 16.3. The second kappa shape index (κ2) is 4.66. The number of carbonyl (C=O) groups is 2. The zero-order valence-electron chi connectivity index (χ0n) is 12.0. The topological polar surface area (TPSA) is 54.4 Å². The van der Waals surface area contributed by atoms with Gasteiger partial charge in [0, 0.05) is 24.7 Å². The smallest absolute Gasteiger partial charge is 0.137 e. The Morgan fingerprint density at radius 3 is 2.50 bits per heavy atom. The van der Waals surface area contributed by atoms with E-state index in [2.05, 4.69) is 0 Å². The first kappa shape index (κ1) is 13.0. The minimum Gasteiger partial charge on any atom is -0.393 e. The molecule has 0 aromatic rings. The third kappa shape index (κ3) is 1.82. The lowest BCUT2D eigenvalue weighted by Crippen LogP contribution is -2.50. The van der Waals surface area contributed by atoms with Crippen LogP contribution in [0, 0.1) is 35.5 Å². The van der Waals surface area contributed by atoms with Crippen LogP contribution in [0.3, 0.4) is 0 Å². The lowest BCUT2D eigenvalue weighted by Gasteiger charge is -2.51. The van der Waals surface area contributed by atoms with Crippen LogP contribution in [-0.2, 0) is 9.59 Å². The van der Waals surface area contributed by atoms with Gasteiger partial charge >= 0.3 is 0 Å². The molecule has 0 radical (unpaired) electrons. The van der Waals surface area contributed by atoms with Crippen LogP contribution in [0.4, 0.5) is 0 Å². The third-order valence-corrected chi connectivity index (χ3v) is 6.80. The Morgan fingerprint density at radius 1 is 0.850 bits per heavy atom. The lowest BCUT2D eigenvalue weighted by atomic mass is 9.53. The maximum absolute atomic E-state index is 12.6. The van der Waals surface area contributed by atoms with Crippen molar-refractivity contribution in [1.29, 1.82) is 0 Å². The molecule has 3 heteroatoms. The van der Waals surface area contributed by atoms with Crippen molar-refractivity contribution >= 4 is 11.6 Å². The predicted octanol–water partition coefficient (Wildman–Crippen LogP) is 2.36. The van der Waals surface area contributed by atoms with E-state index < -0.39 is 0 Å². The van der Waals surface area contributed by atoms with E-state index in [4.69, 9.17) is 0 Å². The molecule has 3 nitrogen and oxygen atoms in total. The quantitative estimate of drug-likeness (QED) is 0.739. The first-order valence-corrected chi connectivity index (χ1v) is 8.38. The molecule has 0 saturated heterocycles. The maximum Gasteiger partial charge on any atom is 0.137 e. The van der Waals surface area contributed by atoms with E-state index in [0.29, 0.717) is 48.1 Å². The van der Waals surface area contributed by atoms with Crippen molar-refractivity contribution in [2.24, 2.45) is 35.5 Å². The summed E-state index contributed by atoms with van der Waals surface area (Å²) in [6.07, 6.45) is 7.16. The Morgan fingerprint density at radius 2 is 1.65 bits per heavy atom. The molecule has 20 heavy (non-hydrogen) atoms. The second-order valence-corrected chi connectivity index (χ2v) is 7.60. The average Bonchev–Trinajstić information content (AvgIpc) is 2.80. The van der Waals surface area contributed by atoms with Crippen molar-refractivity contribution in [3.8, 4) is 0 Å². The van der Waals surface area contributed by atoms with E-state index in [1.54, 1.807) is 0 Å². The minimum absolute atomic E-state index is 0.0643. The van der Waals surface area contributed by atoms with E-state index in [-0.39, 0.29) is 17.9 Å². The molecule has 4 fully saturated rings. The number of rotatable bonds is 0. The third-order valence-electron chi connectivity index (χ3n) is 6.80. The molecule has 4 rings (SSSR count). The van der Waals surface area contributed by atoms with Gasteiger partial charge in [0.1, 0.15) is 11.6 Å². The predicted molar refractivity (Wildman–Crippen MR) is 73.9 cm³/mol. The van der Waals surface area contributed by atoms with Crippen LogP contribution in [0.5, 0.6) is 0 Å². The molecule has 4 aliphatic rings. The van der Waals surface area contributed by atoms with Gasteiger partial charge in [-0.2, -0.15) is 0 Å². The van der Waals surface area contributed by atoms with Crippen LogP contribution in [-0.4, -0.2) is 22.8 Å². The number of Topliss-reactive ketones (excluding diaryl/α,β-unsaturated/α-hetero) is 2. The van der Waals surface area contributed by atoms with Gasteiger partial charge in [0.05, 0.1) is 6.10 Å². The highest BCUT2D eigenvalue weighted by Gasteiger charge is 2.54. The Bertz CT molecular complexity index is 444. The van der Waals surface area contributed by atoms with Crippen LogP contribution in [0.1, 0.15) is 51.4 Å². The molecule has 0 aliphatic heterocycles. The number of aliphatic hydroxyl groups excluding tert-OH is 1. The van der Waals surface area contributed by atoms with Gasteiger partial charge in [0.2, 0.25) is 0 Å². The number of aliphatic hydroxyl groups is 1. The fourth-order valence-corrected chi connectivity index (χ4v) is 5.99. The number of ketones is 2. The summed E-state index contributed by atoms with van der Waals surface area (Å²) in [5.74, 6) is 3.03. The standard InChI is InChI=1S/C17H24O3/c18-10-2-4-11-9(7-10)1-3-13-12-5-6-15(19)14(12)8-16(20)17(11)13/h9-14,17-18H,1-8H2/t9-,10-,11?,12?,13?,14?,17?/m1/s1. The first-order chi connectivity index (χ1) is 9.65. The molecule has 0 amide bonds. The van der Waals surface area contributed by atoms with E-state index in [1.807, 2.05) is 0 Å². The average molecular weight is 276 g/mol. The van der Waals surface area contributed by atoms with Crippen LogP contribution in [0.15, 0.2) is 0 Å². The van der Waals surface area contributed by atoms with Gasteiger partial charge in [0.15, 0.2) is 0 Å².